The standard InChI is InChI=1S/C10H14N2O2/c1-3-9(11)8-5-4-7(2)6-10(8)12(13)14/h4-6,9H,3,11H2,1-2H3/t9-/m0/s1. The van der Waals surface area contributed by atoms with Gasteiger partial charge in [0, 0.05) is 17.7 Å². The smallest absolute Gasteiger partial charge is 0.274 e. The summed E-state index contributed by atoms with van der Waals surface area (Å²) in [7, 11) is 0. The Morgan fingerprint density at radius 1 is 1.57 bits per heavy atom. The first-order chi connectivity index (χ1) is 6.56. The second-order valence-corrected chi connectivity index (χ2v) is 3.33. The summed E-state index contributed by atoms with van der Waals surface area (Å²) in [4.78, 5) is 10.4. The predicted octanol–water partition coefficient (Wildman–Crippen LogP) is 2.31. The van der Waals surface area contributed by atoms with Gasteiger partial charge in [0.2, 0.25) is 0 Å². The lowest BCUT2D eigenvalue weighted by Gasteiger charge is -2.09. The number of nitrogens with zero attached hydrogens (tertiary/aromatic N) is 1. The molecule has 1 atom stereocenters. The van der Waals surface area contributed by atoms with Gasteiger partial charge in [-0.2, -0.15) is 0 Å². The minimum Gasteiger partial charge on any atom is -0.324 e. The maximum atomic E-state index is 10.7. The molecule has 0 heterocycles. The van der Waals surface area contributed by atoms with Gasteiger partial charge in [-0.25, -0.2) is 0 Å². The van der Waals surface area contributed by atoms with Crippen molar-refractivity contribution in [1.82, 2.24) is 0 Å². The quantitative estimate of drug-likeness (QED) is 0.593. The van der Waals surface area contributed by atoms with Gasteiger partial charge >= 0.3 is 0 Å². The summed E-state index contributed by atoms with van der Waals surface area (Å²) >= 11 is 0. The van der Waals surface area contributed by atoms with Crippen LogP contribution >= 0.6 is 0 Å². The first-order valence-corrected chi connectivity index (χ1v) is 4.56. The van der Waals surface area contributed by atoms with E-state index in [1.54, 1.807) is 12.1 Å². The van der Waals surface area contributed by atoms with Crippen LogP contribution < -0.4 is 5.73 Å². The first kappa shape index (κ1) is 10.7. The molecule has 0 aliphatic heterocycles. The van der Waals surface area contributed by atoms with Crippen molar-refractivity contribution in [2.24, 2.45) is 5.73 Å². The molecule has 14 heavy (non-hydrogen) atoms. The molecule has 0 fully saturated rings. The fourth-order valence-electron chi connectivity index (χ4n) is 1.35. The van der Waals surface area contributed by atoms with Crippen molar-refractivity contribution < 1.29 is 4.92 Å². The maximum Gasteiger partial charge on any atom is 0.274 e. The van der Waals surface area contributed by atoms with E-state index in [4.69, 9.17) is 5.73 Å². The van der Waals surface area contributed by atoms with E-state index in [0.29, 0.717) is 12.0 Å². The SMILES string of the molecule is CC[C@H](N)c1ccc(C)cc1[N+](=O)[O-]. The Morgan fingerprint density at radius 2 is 2.21 bits per heavy atom. The van der Waals surface area contributed by atoms with Gasteiger partial charge in [-0.05, 0) is 18.9 Å². The van der Waals surface area contributed by atoms with Crippen LogP contribution in [-0.2, 0) is 0 Å². The molecule has 1 aromatic carbocycles. The number of nitro benzene ring substituents is 1. The van der Waals surface area contributed by atoms with Crippen LogP contribution in [0.2, 0.25) is 0 Å². The molecule has 0 amide bonds. The van der Waals surface area contributed by atoms with Crippen molar-refractivity contribution in [2.75, 3.05) is 0 Å². The zero-order chi connectivity index (χ0) is 10.7. The van der Waals surface area contributed by atoms with Gasteiger partial charge in [0.15, 0.2) is 0 Å². The highest BCUT2D eigenvalue weighted by atomic mass is 16.6. The summed E-state index contributed by atoms with van der Waals surface area (Å²) in [6, 6.07) is 4.89. The third kappa shape index (κ3) is 2.09. The van der Waals surface area contributed by atoms with E-state index in [1.807, 2.05) is 19.9 Å². The van der Waals surface area contributed by atoms with Crippen LogP contribution in [0.5, 0.6) is 0 Å². The molecule has 1 rings (SSSR count). The van der Waals surface area contributed by atoms with E-state index >= 15 is 0 Å². The third-order valence-corrected chi connectivity index (χ3v) is 2.22. The lowest BCUT2D eigenvalue weighted by molar-refractivity contribution is -0.385. The summed E-state index contributed by atoms with van der Waals surface area (Å²) < 4.78 is 0. The lowest BCUT2D eigenvalue weighted by atomic mass is 10.0. The van der Waals surface area contributed by atoms with Crippen molar-refractivity contribution in [3.8, 4) is 0 Å². The molecule has 0 radical (unpaired) electrons. The van der Waals surface area contributed by atoms with Gasteiger partial charge in [0.25, 0.3) is 5.69 Å². The van der Waals surface area contributed by atoms with E-state index < -0.39 is 0 Å². The molecule has 0 spiro atoms. The second kappa shape index (κ2) is 4.19. The average Bonchev–Trinajstić information content (AvgIpc) is 2.16. The molecule has 0 saturated heterocycles. The fraction of sp³-hybridized carbons (Fsp3) is 0.400. The molecule has 0 unspecified atom stereocenters. The lowest BCUT2D eigenvalue weighted by Crippen LogP contribution is -2.11. The summed E-state index contributed by atoms with van der Waals surface area (Å²) in [5.41, 5.74) is 7.40. The fourth-order valence-corrected chi connectivity index (χ4v) is 1.35. The zero-order valence-electron chi connectivity index (χ0n) is 8.36. The van der Waals surface area contributed by atoms with Crippen LogP contribution in [0.3, 0.4) is 0 Å². The van der Waals surface area contributed by atoms with Crippen LogP contribution in [0.4, 0.5) is 5.69 Å². The monoisotopic (exact) mass is 194 g/mol. The van der Waals surface area contributed by atoms with Gasteiger partial charge in [0.05, 0.1) is 4.92 Å². The number of nitrogens with two attached hydrogens (primary N) is 1. The molecule has 4 heteroatoms. The zero-order valence-corrected chi connectivity index (χ0v) is 8.36. The van der Waals surface area contributed by atoms with Gasteiger partial charge in [0.1, 0.15) is 0 Å². The van der Waals surface area contributed by atoms with Crippen molar-refractivity contribution in [1.29, 1.82) is 0 Å². The molecule has 0 saturated carbocycles. The van der Waals surface area contributed by atoms with E-state index in [9.17, 15) is 10.1 Å². The molecule has 0 aliphatic carbocycles. The largest absolute Gasteiger partial charge is 0.324 e. The maximum absolute atomic E-state index is 10.7. The number of benzene rings is 1. The highest BCUT2D eigenvalue weighted by Crippen LogP contribution is 2.26. The molecule has 2 N–H and O–H groups in total. The minimum absolute atomic E-state index is 0.124. The summed E-state index contributed by atoms with van der Waals surface area (Å²) in [6.45, 7) is 3.74. The molecule has 0 aromatic heterocycles. The van der Waals surface area contributed by atoms with E-state index in [1.165, 1.54) is 0 Å². The Labute approximate surface area is 82.9 Å². The molecule has 4 nitrogen and oxygen atoms in total. The Hall–Kier alpha value is -1.42. The van der Waals surface area contributed by atoms with Crippen LogP contribution in [0.1, 0.15) is 30.5 Å². The number of nitro groups is 1. The van der Waals surface area contributed by atoms with Crippen molar-refractivity contribution >= 4 is 5.69 Å². The van der Waals surface area contributed by atoms with Crippen molar-refractivity contribution in [2.45, 2.75) is 26.3 Å². The number of hydrogen-bond acceptors (Lipinski definition) is 3. The number of hydrogen-bond donors (Lipinski definition) is 1. The molecular weight excluding hydrogens is 180 g/mol. The number of aryl methyl sites for hydroxylation is 1. The average molecular weight is 194 g/mol. The highest BCUT2D eigenvalue weighted by Gasteiger charge is 2.17. The van der Waals surface area contributed by atoms with Gasteiger partial charge in [-0.15, -0.1) is 0 Å². The van der Waals surface area contributed by atoms with Crippen LogP contribution in [0.15, 0.2) is 18.2 Å². The van der Waals surface area contributed by atoms with Gasteiger partial charge in [-0.3, -0.25) is 10.1 Å². The Bertz CT molecular complexity index is 350. The Morgan fingerprint density at radius 3 is 2.71 bits per heavy atom. The second-order valence-electron chi connectivity index (χ2n) is 3.33. The first-order valence-electron chi connectivity index (χ1n) is 4.56. The topological polar surface area (TPSA) is 69.2 Å². The summed E-state index contributed by atoms with van der Waals surface area (Å²) in [5.74, 6) is 0. The van der Waals surface area contributed by atoms with Crippen molar-refractivity contribution in [3.05, 3.63) is 39.4 Å². The predicted molar refractivity (Wildman–Crippen MR) is 55.1 cm³/mol. The van der Waals surface area contributed by atoms with Crippen molar-refractivity contribution in [3.63, 3.8) is 0 Å². The van der Waals surface area contributed by atoms with Gasteiger partial charge < -0.3 is 5.73 Å². The number of rotatable bonds is 3. The Balaban J connectivity index is 3.21. The van der Waals surface area contributed by atoms with Crippen LogP contribution in [-0.4, -0.2) is 4.92 Å². The summed E-state index contributed by atoms with van der Waals surface area (Å²) in [5, 5.41) is 10.7. The van der Waals surface area contributed by atoms with Gasteiger partial charge in [-0.1, -0.05) is 19.1 Å². The van der Waals surface area contributed by atoms with E-state index in [0.717, 1.165) is 5.56 Å². The molecule has 76 valence electrons. The van der Waals surface area contributed by atoms with E-state index in [2.05, 4.69) is 0 Å². The molecule has 0 bridgehead atoms. The highest BCUT2D eigenvalue weighted by molar-refractivity contribution is 5.44. The normalized spacial score (nSPS) is 12.5. The van der Waals surface area contributed by atoms with E-state index in [-0.39, 0.29) is 16.7 Å². The summed E-state index contributed by atoms with van der Waals surface area (Å²) in [6.07, 6.45) is 0.698. The molecular formula is C10H14N2O2. The Kier molecular flexibility index (Phi) is 3.19. The van der Waals surface area contributed by atoms with Crippen LogP contribution in [0.25, 0.3) is 0 Å². The minimum atomic E-state index is -0.377. The van der Waals surface area contributed by atoms with Crippen LogP contribution in [0, 0.1) is 17.0 Å². The third-order valence-electron chi connectivity index (χ3n) is 2.22. The molecule has 0 aliphatic rings. The molecule has 1 aromatic rings.